The maximum atomic E-state index is 10.9. The lowest BCUT2D eigenvalue weighted by Crippen LogP contribution is -2.34. The zero-order valence-corrected chi connectivity index (χ0v) is 26.3. The van der Waals surface area contributed by atoms with Crippen molar-refractivity contribution in [3.8, 4) is 0 Å². The lowest BCUT2D eigenvalue weighted by molar-refractivity contribution is -0.110. The van der Waals surface area contributed by atoms with Crippen molar-refractivity contribution >= 4 is 6.41 Å². The Morgan fingerprint density at radius 1 is 0.636 bits per heavy atom. The van der Waals surface area contributed by atoms with Crippen LogP contribution in [0.2, 0.25) is 0 Å². The number of rotatable bonds is 9. The molecule has 0 saturated carbocycles. The topological polar surface area (TPSA) is 47.6 Å². The van der Waals surface area contributed by atoms with Crippen LogP contribution in [0.5, 0.6) is 0 Å². The zero-order chi connectivity index (χ0) is 31.0. The van der Waals surface area contributed by atoms with E-state index in [0.29, 0.717) is 17.9 Å². The molecule has 5 nitrogen and oxygen atoms in total. The highest BCUT2D eigenvalue weighted by Crippen LogP contribution is 2.29. The molecule has 2 saturated heterocycles. The number of benzene rings is 4. The SMILES string of the molecule is C=CC.CN[C@@H]1CN(Cc2ccccc2)C[C@@H]1c1ccccc1.O=CNC1CN(Cc2ccccc2)C[C@@H]1c1ccccc1. The minimum Gasteiger partial charge on any atom is -0.354 e. The number of likely N-dealkylation sites (tertiary alicyclic amines) is 2. The van der Waals surface area contributed by atoms with Crippen LogP contribution in [0.1, 0.15) is 41.0 Å². The molecule has 44 heavy (non-hydrogen) atoms. The summed E-state index contributed by atoms with van der Waals surface area (Å²) in [5, 5.41) is 6.47. The van der Waals surface area contributed by atoms with Crippen LogP contribution in [0.25, 0.3) is 0 Å². The van der Waals surface area contributed by atoms with Crippen molar-refractivity contribution in [2.45, 2.75) is 43.9 Å². The molecule has 4 aromatic carbocycles. The highest BCUT2D eigenvalue weighted by molar-refractivity contribution is 5.47. The molecule has 6 rings (SSSR count). The predicted octanol–water partition coefficient (Wildman–Crippen LogP) is 6.47. The van der Waals surface area contributed by atoms with Gasteiger partial charge in [0.15, 0.2) is 0 Å². The summed E-state index contributed by atoms with van der Waals surface area (Å²) >= 11 is 0. The first-order valence-corrected chi connectivity index (χ1v) is 15.7. The molecule has 2 aliphatic heterocycles. The van der Waals surface area contributed by atoms with E-state index in [2.05, 4.69) is 143 Å². The molecule has 1 amide bonds. The van der Waals surface area contributed by atoms with Gasteiger partial charge in [0.25, 0.3) is 0 Å². The van der Waals surface area contributed by atoms with Gasteiger partial charge in [0.2, 0.25) is 6.41 Å². The van der Waals surface area contributed by atoms with Gasteiger partial charge < -0.3 is 10.6 Å². The van der Waals surface area contributed by atoms with Gasteiger partial charge in [0, 0.05) is 63.2 Å². The van der Waals surface area contributed by atoms with E-state index in [1.54, 1.807) is 6.08 Å². The molecule has 0 bridgehead atoms. The third-order valence-electron chi connectivity index (χ3n) is 8.40. The number of allylic oxidation sites excluding steroid dienone is 1. The molecule has 2 heterocycles. The van der Waals surface area contributed by atoms with E-state index < -0.39 is 0 Å². The van der Waals surface area contributed by atoms with Gasteiger partial charge in [-0.1, -0.05) is 127 Å². The molecular formula is C39H48N4O. The largest absolute Gasteiger partial charge is 0.354 e. The van der Waals surface area contributed by atoms with Gasteiger partial charge in [-0.25, -0.2) is 0 Å². The monoisotopic (exact) mass is 588 g/mol. The number of nitrogens with zero attached hydrogens (tertiary/aromatic N) is 2. The Labute approximate surface area is 264 Å². The van der Waals surface area contributed by atoms with Gasteiger partial charge >= 0.3 is 0 Å². The first-order chi connectivity index (χ1) is 21.6. The molecule has 2 aliphatic rings. The Hall–Kier alpha value is -4.03. The van der Waals surface area contributed by atoms with Crippen molar-refractivity contribution in [2.75, 3.05) is 33.2 Å². The lowest BCUT2D eigenvalue weighted by Gasteiger charge is -2.17. The first-order valence-electron chi connectivity index (χ1n) is 15.7. The molecule has 0 spiro atoms. The fraction of sp³-hybridized carbons (Fsp3) is 0.308. The van der Waals surface area contributed by atoms with Crippen molar-refractivity contribution in [1.29, 1.82) is 0 Å². The van der Waals surface area contributed by atoms with E-state index in [9.17, 15) is 4.79 Å². The Morgan fingerprint density at radius 2 is 1.00 bits per heavy atom. The molecular weight excluding hydrogens is 540 g/mol. The quantitative estimate of drug-likeness (QED) is 0.174. The Bertz CT molecular complexity index is 1350. The predicted molar refractivity (Wildman–Crippen MR) is 184 cm³/mol. The number of hydrogen-bond acceptors (Lipinski definition) is 4. The molecule has 0 radical (unpaired) electrons. The summed E-state index contributed by atoms with van der Waals surface area (Å²) in [5.74, 6) is 0.949. The average Bonchev–Trinajstić information content (AvgIpc) is 3.67. The van der Waals surface area contributed by atoms with Crippen molar-refractivity contribution in [2.24, 2.45) is 0 Å². The van der Waals surface area contributed by atoms with E-state index in [0.717, 1.165) is 45.7 Å². The van der Waals surface area contributed by atoms with Crippen LogP contribution < -0.4 is 10.6 Å². The van der Waals surface area contributed by atoms with Crippen LogP contribution >= 0.6 is 0 Å². The van der Waals surface area contributed by atoms with Crippen molar-refractivity contribution in [3.05, 3.63) is 156 Å². The van der Waals surface area contributed by atoms with E-state index in [1.807, 2.05) is 19.1 Å². The molecule has 4 atom stereocenters. The molecule has 230 valence electrons. The van der Waals surface area contributed by atoms with Gasteiger partial charge in [-0.2, -0.15) is 0 Å². The minimum absolute atomic E-state index is 0.189. The van der Waals surface area contributed by atoms with E-state index in [1.165, 1.54) is 22.3 Å². The highest BCUT2D eigenvalue weighted by atomic mass is 16.1. The minimum atomic E-state index is 0.189. The lowest BCUT2D eigenvalue weighted by atomic mass is 9.94. The number of carbonyl (C=O) groups is 1. The second-order valence-corrected chi connectivity index (χ2v) is 11.6. The van der Waals surface area contributed by atoms with Gasteiger partial charge in [-0.3, -0.25) is 14.6 Å². The van der Waals surface area contributed by atoms with Crippen LogP contribution in [-0.4, -0.2) is 61.5 Å². The van der Waals surface area contributed by atoms with Crippen LogP contribution in [0.15, 0.2) is 134 Å². The fourth-order valence-electron chi connectivity index (χ4n) is 6.34. The van der Waals surface area contributed by atoms with Crippen LogP contribution in [0.3, 0.4) is 0 Å². The van der Waals surface area contributed by atoms with Crippen molar-refractivity contribution in [3.63, 3.8) is 0 Å². The van der Waals surface area contributed by atoms with Crippen LogP contribution in [0, 0.1) is 0 Å². The number of amides is 1. The van der Waals surface area contributed by atoms with Crippen LogP contribution in [0.4, 0.5) is 0 Å². The normalized spacial score (nSPS) is 21.3. The van der Waals surface area contributed by atoms with E-state index >= 15 is 0 Å². The van der Waals surface area contributed by atoms with Crippen molar-refractivity contribution in [1.82, 2.24) is 20.4 Å². The molecule has 4 aromatic rings. The van der Waals surface area contributed by atoms with E-state index in [4.69, 9.17) is 0 Å². The second-order valence-electron chi connectivity index (χ2n) is 11.6. The van der Waals surface area contributed by atoms with Crippen LogP contribution in [-0.2, 0) is 17.9 Å². The van der Waals surface area contributed by atoms with Gasteiger partial charge in [-0.15, -0.1) is 6.58 Å². The van der Waals surface area contributed by atoms with Gasteiger partial charge in [-0.05, 0) is 36.2 Å². The molecule has 1 unspecified atom stereocenters. The number of carbonyl (C=O) groups excluding carboxylic acids is 1. The molecule has 0 aliphatic carbocycles. The number of nitrogens with one attached hydrogen (secondary N) is 2. The molecule has 0 aromatic heterocycles. The standard InChI is InChI=1S/C18H20N2O.C18H22N2.C3H6/c21-14-19-18-13-20(11-15-7-3-1-4-8-15)12-17(18)16-9-5-2-6-10-16;1-19-18-14-20(12-15-8-4-2-5-9-15)13-17(18)16-10-6-3-7-11-16;1-3-2/h1-10,14,17-18H,11-13H2,(H,19,21);2-11,17-19H,12-14H2,1H3;3H,1H2,2H3/t17-,18?;17-,18-;/m11./s1. The third-order valence-corrected chi connectivity index (χ3v) is 8.40. The third kappa shape index (κ3) is 9.75. The first kappa shape index (κ1) is 32.9. The summed E-state index contributed by atoms with van der Waals surface area (Å²) in [6, 6.07) is 43.3. The maximum Gasteiger partial charge on any atom is 0.207 e. The summed E-state index contributed by atoms with van der Waals surface area (Å²) in [6.45, 7) is 11.3. The Morgan fingerprint density at radius 3 is 1.39 bits per heavy atom. The zero-order valence-electron chi connectivity index (χ0n) is 26.3. The number of hydrogen-bond donors (Lipinski definition) is 2. The summed E-state index contributed by atoms with van der Waals surface area (Å²) < 4.78 is 0. The van der Waals surface area contributed by atoms with Gasteiger partial charge in [0.1, 0.15) is 0 Å². The summed E-state index contributed by atoms with van der Waals surface area (Å²) in [7, 11) is 2.08. The maximum absolute atomic E-state index is 10.9. The average molecular weight is 589 g/mol. The second kappa shape index (κ2) is 17.9. The summed E-state index contributed by atoms with van der Waals surface area (Å²) in [6.07, 6.45) is 2.58. The highest BCUT2D eigenvalue weighted by Gasteiger charge is 2.34. The summed E-state index contributed by atoms with van der Waals surface area (Å²) in [4.78, 5) is 15.8. The Balaban J connectivity index is 0.000000185. The smallest absolute Gasteiger partial charge is 0.207 e. The Kier molecular flexibility index (Phi) is 13.4. The van der Waals surface area contributed by atoms with Gasteiger partial charge in [0.05, 0.1) is 0 Å². The van der Waals surface area contributed by atoms with Crippen molar-refractivity contribution < 1.29 is 4.79 Å². The molecule has 5 heteroatoms. The van der Waals surface area contributed by atoms with E-state index in [-0.39, 0.29) is 6.04 Å². The fourth-order valence-corrected chi connectivity index (χ4v) is 6.34. The summed E-state index contributed by atoms with van der Waals surface area (Å²) in [5.41, 5.74) is 5.46. The molecule has 2 fully saturated rings. The number of likely N-dealkylation sites (N-methyl/N-ethyl adjacent to an activating group) is 1. The molecule has 2 N–H and O–H groups in total.